The Morgan fingerprint density at radius 3 is 2.00 bits per heavy atom. The molecule has 0 heterocycles. The number of rotatable bonds is 8. The van der Waals surface area contributed by atoms with Gasteiger partial charge in [-0.2, -0.15) is 18.4 Å². The van der Waals surface area contributed by atoms with E-state index in [-0.39, 0.29) is 10.6 Å². The van der Waals surface area contributed by atoms with E-state index < -0.39 is 10.0 Å². The van der Waals surface area contributed by atoms with Gasteiger partial charge in [0.25, 0.3) is 10.0 Å². The zero-order valence-corrected chi connectivity index (χ0v) is 15.7. The maximum absolute atomic E-state index is 12.5. The summed E-state index contributed by atoms with van der Waals surface area (Å²) < 4.78 is 45.6. The molecule has 26 heavy (non-hydrogen) atoms. The molecule has 2 aromatic rings. The molecular formula is C17H20N2O6S. The minimum Gasteiger partial charge on any atom is -0.497 e. The Morgan fingerprint density at radius 1 is 0.846 bits per heavy atom. The van der Waals surface area contributed by atoms with Gasteiger partial charge < -0.3 is 18.9 Å². The number of ether oxygens (including phenoxy) is 4. The standard InChI is InChI=1S/C17H20N2O6S/c1-22-13-5-7-15(24-3)12(9-13)11-18-19-26(20,21)17-10-14(23-2)6-8-16(17)25-4/h5-11,19H,1-4H3/b18-11+. The van der Waals surface area contributed by atoms with Gasteiger partial charge >= 0.3 is 0 Å². The first-order chi connectivity index (χ1) is 12.4. The number of nitrogens with zero attached hydrogens (tertiary/aromatic N) is 1. The van der Waals surface area contributed by atoms with Crippen molar-refractivity contribution in [2.45, 2.75) is 4.90 Å². The number of hydrogen-bond acceptors (Lipinski definition) is 7. The Balaban J connectivity index is 2.30. The van der Waals surface area contributed by atoms with Gasteiger partial charge in [-0.15, -0.1) is 0 Å². The van der Waals surface area contributed by atoms with Crippen LogP contribution in [0.25, 0.3) is 0 Å². The zero-order chi connectivity index (χ0) is 19.2. The van der Waals surface area contributed by atoms with Crippen molar-refractivity contribution in [1.29, 1.82) is 0 Å². The van der Waals surface area contributed by atoms with E-state index in [9.17, 15) is 8.42 Å². The van der Waals surface area contributed by atoms with Crippen LogP contribution >= 0.6 is 0 Å². The number of sulfonamides is 1. The third-order valence-corrected chi connectivity index (χ3v) is 4.72. The quantitative estimate of drug-likeness (QED) is 0.556. The minimum absolute atomic E-state index is 0.0888. The molecular weight excluding hydrogens is 360 g/mol. The molecule has 2 aromatic carbocycles. The van der Waals surface area contributed by atoms with E-state index in [4.69, 9.17) is 18.9 Å². The van der Waals surface area contributed by atoms with Crippen molar-refractivity contribution in [3.63, 3.8) is 0 Å². The lowest BCUT2D eigenvalue weighted by atomic mass is 10.2. The monoisotopic (exact) mass is 380 g/mol. The summed E-state index contributed by atoms with van der Waals surface area (Å²) in [4.78, 5) is 2.06. The summed E-state index contributed by atoms with van der Waals surface area (Å²) in [6, 6.07) is 9.54. The van der Waals surface area contributed by atoms with E-state index in [2.05, 4.69) is 9.93 Å². The van der Waals surface area contributed by atoms with Crippen molar-refractivity contribution in [2.24, 2.45) is 5.10 Å². The van der Waals surface area contributed by atoms with E-state index in [1.807, 2.05) is 0 Å². The average molecular weight is 380 g/mol. The van der Waals surface area contributed by atoms with E-state index in [0.29, 0.717) is 22.8 Å². The predicted molar refractivity (Wildman–Crippen MR) is 97.0 cm³/mol. The fraction of sp³-hybridized carbons (Fsp3) is 0.235. The Bertz CT molecular complexity index is 896. The summed E-state index contributed by atoms with van der Waals surface area (Å²) in [5.41, 5.74) is 0.548. The first-order valence-electron chi connectivity index (χ1n) is 7.44. The van der Waals surface area contributed by atoms with E-state index in [1.54, 1.807) is 24.3 Å². The van der Waals surface area contributed by atoms with Crippen LogP contribution in [0.2, 0.25) is 0 Å². The molecule has 140 valence electrons. The second kappa shape index (κ2) is 8.43. The van der Waals surface area contributed by atoms with Gasteiger partial charge in [0.15, 0.2) is 0 Å². The lowest BCUT2D eigenvalue weighted by molar-refractivity contribution is 0.392. The summed E-state index contributed by atoms with van der Waals surface area (Å²) in [7, 11) is 1.89. The number of benzene rings is 2. The molecule has 0 bridgehead atoms. The lowest BCUT2D eigenvalue weighted by Crippen LogP contribution is -2.19. The van der Waals surface area contributed by atoms with Crippen molar-refractivity contribution in [3.8, 4) is 23.0 Å². The molecule has 0 amide bonds. The van der Waals surface area contributed by atoms with Crippen LogP contribution in [-0.4, -0.2) is 43.1 Å². The summed E-state index contributed by atoms with van der Waals surface area (Å²) in [6.07, 6.45) is 1.32. The van der Waals surface area contributed by atoms with Crippen molar-refractivity contribution >= 4 is 16.2 Å². The highest BCUT2D eigenvalue weighted by Crippen LogP contribution is 2.28. The molecule has 0 fully saturated rings. The maximum atomic E-state index is 12.5. The molecule has 0 saturated carbocycles. The molecule has 0 aliphatic heterocycles. The average Bonchev–Trinajstić information content (AvgIpc) is 2.67. The molecule has 0 spiro atoms. The maximum Gasteiger partial charge on any atom is 0.280 e. The van der Waals surface area contributed by atoms with Gasteiger partial charge in [0.1, 0.15) is 27.9 Å². The highest BCUT2D eigenvalue weighted by atomic mass is 32.2. The molecule has 0 unspecified atom stereocenters. The first-order valence-corrected chi connectivity index (χ1v) is 8.92. The molecule has 1 N–H and O–H groups in total. The molecule has 9 heteroatoms. The van der Waals surface area contributed by atoms with E-state index in [0.717, 1.165) is 0 Å². The van der Waals surface area contributed by atoms with Crippen LogP contribution in [0.5, 0.6) is 23.0 Å². The third-order valence-electron chi connectivity index (χ3n) is 3.47. The molecule has 0 aromatic heterocycles. The van der Waals surface area contributed by atoms with E-state index in [1.165, 1.54) is 46.8 Å². The molecule has 0 saturated heterocycles. The molecule has 8 nitrogen and oxygen atoms in total. The largest absolute Gasteiger partial charge is 0.497 e. The number of nitrogens with one attached hydrogen (secondary N) is 1. The highest BCUT2D eigenvalue weighted by molar-refractivity contribution is 7.89. The molecule has 0 aliphatic rings. The van der Waals surface area contributed by atoms with Gasteiger partial charge in [-0.1, -0.05) is 0 Å². The second-order valence-electron chi connectivity index (χ2n) is 4.98. The van der Waals surface area contributed by atoms with Crippen LogP contribution in [0.1, 0.15) is 5.56 Å². The highest BCUT2D eigenvalue weighted by Gasteiger charge is 2.20. The minimum atomic E-state index is -3.97. The molecule has 0 aliphatic carbocycles. The van der Waals surface area contributed by atoms with Crippen molar-refractivity contribution in [1.82, 2.24) is 4.83 Å². The van der Waals surface area contributed by atoms with Crippen molar-refractivity contribution in [2.75, 3.05) is 28.4 Å². The molecule has 0 radical (unpaired) electrons. The van der Waals surface area contributed by atoms with Gasteiger partial charge in [0.05, 0.1) is 34.7 Å². The number of hydrogen-bond donors (Lipinski definition) is 1. The third kappa shape index (κ3) is 4.37. The Hall–Kier alpha value is -2.94. The smallest absolute Gasteiger partial charge is 0.280 e. The predicted octanol–water partition coefficient (Wildman–Crippen LogP) is 2.03. The topological polar surface area (TPSA) is 95.5 Å². The Morgan fingerprint density at radius 2 is 1.42 bits per heavy atom. The number of hydrazone groups is 1. The summed E-state index contributed by atoms with van der Waals surface area (Å²) in [5.74, 6) is 1.66. The number of methoxy groups -OCH3 is 4. The molecule has 0 atom stereocenters. The van der Waals surface area contributed by atoms with Crippen LogP contribution in [0, 0.1) is 0 Å². The van der Waals surface area contributed by atoms with Crippen molar-refractivity contribution in [3.05, 3.63) is 42.0 Å². The van der Waals surface area contributed by atoms with Crippen LogP contribution in [0.3, 0.4) is 0 Å². The van der Waals surface area contributed by atoms with Gasteiger partial charge in [0.2, 0.25) is 0 Å². The van der Waals surface area contributed by atoms with Gasteiger partial charge in [-0.05, 0) is 30.3 Å². The second-order valence-corrected chi connectivity index (χ2v) is 6.61. The van der Waals surface area contributed by atoms with Crippen LogP contribution in [0.4, 0.5) is 0 Å². The normalized spacial score (nSPS) is 11.2. The summed E-state index contributed by atoms with van der Waals surface area (Å²) in [6.45, 7) is 0. The van der Waals surface area contributed by atoms with Gasteiger partial charge in [-0.25, -0.2) is 0 Å². The van der Waals surface area contributed by atoms with Crippen LogP contribution in [-0.2, 0) is 10.0 Å². The Labute approximate surface area is 152 Å². The summed E-state index contributed by atoms with van der Waals surface area (Å²) >= 11 is 0. The van der Waals surface area contributed by atoms with Crippen molar-refractivity contribution < 1.29 is 27.4 Å². The van der Waals surface area contributed by atoms with Crippen LogP contribution in [0.15, 0.2) is 46.4 Å². The zero-order valence-electron chi connectivity index (χ0n) is 14.8. The lowest BCUT2D eigenvalue weighted by Gasteiger charge is -2.11. The fourth-order valence-electron chi connectivity index (χ4n) is 2.15. The molecule has 2 rings (SSSR count). The Kier molecular flexibility index (Phi) is 6.29. The fourth-order valence-corrected chi connectivity index (χ4v) is 3.13. The SMILES string of the molecule is COc1ccc(OC)c(/C=N/NS(=O)(=O)c2cc(OC)ccc2OC)c1. The first kappa shape index (κ1) is 19.4. The van der Waals surface area contributed by atoms with E-state index >= 15 is 0 Å². The van der Waals surface area contributed by atoms with Gasteiger partial charge in [-0.3, -0.25) is 0 Å². The van der Waals surface area contributed by atoms with Crippen LogP contribution < -0.4 is 23.8 Å². The summed E-state index contributed by atoms with van der Waals surface area (Å²) in [5, 5.41) is 3.81. The van der Waals surface area contributed by atoms with Gasteiger partial charge in [0, 0.05) is 11.6 Å².